The second-order valence-corrected chi connectivity index (χ2v) is 5.78. The van der Waals surface area contributed by atoms with E-state index in [9.17, 15) is 9.59 Å². The summed E-state index contributed by atoms with van der Waals surface area (Å²) in [6.45, 7) is 2.18. The number of ether oxygens (including phenoxy) is 1. The number of hydrogen-bond donors (Lipinski definition) is 1. The number of amides is 2. The molecule has 0 aliphatic heterocycles. The lowest BCUT2D eigenvalue weighted by Crippen LogP contribution is -2.36. The highest BCUT2D eigenvalue weighted by Gasteiger charge is 2.34. The number of rotatable bonds is 5. The molecule has 0 unspecified atom stereocenters. The summed E-state index contributed by atoms with van der Waals surface area (Å²) in [5, 5.41) is 2.89. The molecule has 3 rings (SSSR count). The first-order valence-corrected chi connectivity index (χ1v) is 7.74. The molecule has 0 spiro atoms. The van der Waals surface area contributed by atoms with Crippen molar-refractivity contribution in [2.24, 2.45) is 0 Å². The third-order valence-electron chi connectivity index (χ3n) is 3.77. The van der Waals surface area contributed by atoms with Gasteiger partial charge in [-0.1, -0.05) is 12.1 Å². The molecule has 126 valence electrons. The number of aromatic nitrogens is 1. The Bertz CT molecular complexity index is 752. The van der Waals surface area contributed by atoms with Crippen molar-refractivity contribution in [1.29, 1.82) is 0 Å². The average molecular weight is 329 g/mol. The second-order valence-electron chi connectivity index (χ2n) is 5.78. The molecule has 0 saturated heterocycles. The van der Waals surface area contributed by atoms with Gasteiger partial charge in [0.25, 0.3) is 0 Å². The fourth-order valence-electron chi connectivity index (χ4n) is 2.40. The van der Waals surface area contributed by atoms with E-state index in [1.807, 2.05) is 31.2 Å². The summed E-state index contributed by atoms with van der Waals surface area (Å²) in [7, 11) is 1.28. The van der Waals surface area contributed by atoms with Gasteiger partial charge < -0.3 is 19.4 Å². The van der Waals surface area contributed by atoms with E-state index in [1.54, 1.807) is 4.90 Å². The summed E-state index contributed by atoms with van der Waals surface area (Å²) in [6.07, 6.45) is 3.14. The first-order valence-electron chi connectivity index (χ1n) is 7.74. The normalized spacial score (nSPS) is 13.4. The van der Waals surface area contributed by atoms with Crippen LogP contribution >= 0.6 is 0 Å². The number of benzene rings is 1. The number of oxazole rings is 1. The van der Waals surface area contributed by atoms with Gasteiger partial charge in [0.1, 0.15) is 6.26 Å². The van der Waals surface area contributed by atoms with E-state index in [4.69, 9.17) is 4.42 Å². The largest absolute Gasteiger partial charge is 0.464 e. The van der Waals surface area contributed by atoms with Gasteiger partial charge in [0, 0.05) is 11.7 Å². The Morgan fingerprint density at radius 3 is 2.88 bits per heavy atom. The molecule has 0 radical (unpaired) electrons. The molecule has 1 N–H and O–H groups in total. The number of nitrogens with one attached hydrogen (secondary N) is 1. The van der Waals surface area contributed by atoms with Crippen LogP contribution in [0.1, 0.15) is 34.8 Å². The predicted molar refractivity (Wildman–Crippen MR) is 86.6 cm³/mol. The lowest BCUT2D eigenvalue weighted by molar-refractivity contribution is 0.0594. The van der Waals surface area contributed by atoms with Gasteiger partial charge >= 0.3 is 12.0 Å². The minimum atomic E-state index is -0.563. The summed E-state index contributed by atoms with van der Waals surface area (Å²) in [5.41, 5.74) is 1.91. The van der Waals surface area contributed by atoms with Crippen molar-refractivity contribution >= 4 is 17.7 Å². The van der Waals surface area contributed by atoms with Crippen molar-refractivity contribution in [1.82, 2.24) is 9.88 Å². The summed E-state index contributed by atoms with van der Waals surface area (Å²) in [5.74, 6) is -0.256. The minimum Gasteiger partial charge on any atom is -0.464 e. The van der Waals surface area contributed by atoms with Crippen LogP contribution in [0.15, 0.2) is 34.9 Å². The molecular formula is C17H19N3O4. The van der Waals surface area contributed by atoms with Crippen LogP contribution in [0.25, 0.3) is 0 Å². The van der Waals surface area contributed by atoms with Gasteiger partial charge in [-0.2, -0.15) is 0 Å². The van der Waals surface area contributed by atoms with Crippen LogP contribution in [0.5, 0.6) is 0 Å². The van der Waals surface area contributed by atoms with E-state index in [2.05, 4.69) is 15.0 Å². The number of carbonyl (C=O) groups is 2. The van der Waals surface area contributed by atoms with Crippen LogP contribution in [0.2, 0.25) is 0 Å². The molecule has 2 aromatic rings. The average Bonchev–Trinajstić information content (AvgIpc) is 3.29. The molecule has 1 fully saturated rings. The molecule has 7 heteroatoms. The lowest BCUT2D eigenvalue weighted by atomic mass is 10.2. The number of nitrogens with zero attached hydrogens (tertiary/aromatic N) is 2. The highest BCUT2D eigenvalue weighted by atomic mass is 16.5. The van der Waals surface area contributed by atoms with Crippen molar-refractivity contribution in [3.8, 4) is 0 Å². The first kappa shape index (κ1) is 16.0. The van der Waals surface area contributed by atoms with Gasteiger partial charge in [-0.3, -0.25) is 0 Å². The van der Waals surface area contributed by atoms with Crippen LogP contribution in [-0.2, 0) is 11.3 Å². The van der Waals surface area contributed by atoms with Crippen LogP contribution in [0, 0.1) is 6.92 Å². The highest BCUT2D eigenvalue weighted by molar-refractivity contribution is 5.90. The Kier molecular flexibility index (Phi) is 4.50. The Morgan fingerprint density at radius 1 is 1.42 bits per heavy atom. The van der Waals surface area contributed by atoms with E-state index in [0.717, 1.165) is 24.1 Å². The molecule has 1 aromatic heterocycles. The summed E-state index contributed by atoms with van der Waals surface area (Å²) >= 11 is 0. The number of hydrogen-bond acceptors (Lipinski definition) is 5. The van der Waals surface area contributed by atoms with Crippen LogP contribution < -0.4 is 5.32 Å². The van der Waals surface area contributed by atoms with E-state index in [-0.39, 0.29) is 24.3 Å². The van der Waals surface area contributed by atoms with E-state index < -0.39 is 5.97 Å². The molecule has 0 atom stereocenters. The molecule has 2 amide bonds. The maximum atomic E-state index is 12.6. The van der Waals surface area contributed by atoms with E-state index in [1.165, 1.54) is 13.4 Å². The monoisotopic (exact) mass is 329 g/mol. The summed E-state index contributed by atoms with van der Waals surface area (Å²) < 4.78 is 9.88. The number of urea groups is 1. The Balaban J connectivity index is 1.69. The molecule has 0 bridgehead atoms. The smallest absolute Gasteiger partial charge is 0.360 e. The maximum absolute atomic E-state index is 12.6. The standard InChI is InChI=1S/C17H19N3O4/c1-11-4-3-5-12(8-11)18-17(22)20(13-6-7-13)9-15-19-14(10-24-15)16(21)23-2/h3-5,8,10,13H,6-7,9H2,1-2H3,(H,18,22). The molecular weight excluding hydrogens is 310 g/mol. The lowest BCUT2D eigenvalue weighted by Gasteiger charge is -2.21. The topological polar surface area (TPSA) is 84.7 Å². The quantitative estimate of drug-likeness (QED) is 0.853. The number of methoxy groups -OCH3 is 1. The number of esters is 1. The van der Waals surface area contributed by atoms with Gasteiger partial charge in [-0.05, 0) is 37.5 Å². The molecule has 1 aromatic carbocycles. The zero-order valence-electron chi connectivity index (χ0n) is 13.6. The SMILES string of the molecule is COC(=O)c1coc(CN(C(=O)Nc2cccc(C)c2)C2CC2)n1. The molecule has 7 nitrogen and oxygen atoms in total. The molecule has 1 aliphatic carbocycles. The highest BCUT2D eigenvalue weighted by Crippen LogP contribution is 2.29. The van der Waals surface area contributed by atoms with Crippen LogP contribution in [-0.4, -0.2) is 35.0 Å². The third-order valence-corrected chi connectivity index (χ3v) is 3.77. The molecule has 24 heavy (non-hydrogen) atoms. The van der Waals surface area contributed by atoms with Crippen molar-refractivity contribution in [3.05, 3.63) is 47.7 Å². The molecule has 1 aliphatic rings. The zero-order chi connectivity index (χ0) is 17.1. The minimum absolute atomic E-state index is 0.0994. The Labute approximate surface area is 139 Å². The van der Waals surface area contributed by atoms with Crippen LogP contribution in [0.3, 0.4) is 0 Å². The second kappa shape index (κ2) is 6.74. The predicted octanol–water partition coefficient (Wildman–Crippen LogP) is 2.97. The Hall–Kier alpha value is -2.83. The Morgan fingerprint density at radius 2 is 2.21 bits per heavy atom. The van der Waals surface area contributed by atoms with Gasteiger partial charge in [0.05, 0.1) is 13.7 Å². The van der Waals surface area contributed by atoms with Crippen molar-refractivity contribution < 1.29 is 18.7 Å². The number of carbonyl (C=O) groups excluding carboxylic acids is 2. The van der Waals surface area contributed by atoms with E-state index >= 15 is 0 Å². The summed E-state index contributed by atoms with van der Waals surface area (Å²) in [6, 6.07) is 7.57. The maximum Gasteiger partial charge on any atom is 0.360 e. The molecule has 1 heterocycles. The zero-order valence-corrected chi connectivity index (χ0v) is 13.6. The number of aryl methyl sites for hydroxylation is 1. The van der Waals surface area contributed by atoms with Crippen molar-refractivity contribution in [3.63, 3.8) is 0 Å². The fraction of sp³-hybridized carbons (Fsp3) is 0.353. The van der Waals surface area contributed by atoms with Crippen molar-refractivity contribution in [2.45, 2.75) is 32.4 Å². The number of anilines is 1. The molecule has 1 saturated carbocycles. The third kappa shape index (κ3) is 3.73. The van der Waals surface area contributed by atoms with Gasteiger partial charge in [0.15, 0.2) is 5.69 Å². The van der Waals surface area contributed by atoms with Gasteiger partial charge in [-0.15, -0.1) is 0 Å². The van der Waals surface area contributed by atoms with Gasteiger partial charge in [-0.25, -0.2) is 14.6 Å². The fourth-order valence-corrected chi connectivity index (χ4v) is 2.40. The summed E-state index contributed by atoms with van der Waals surface area (Å²) in [4.78, 5) is 29.7. The first-order chi connectivity index (χ1) is 11.6. The van der Waals surface area contributed by atoms with Crippen molar-refractivity contribution in [2.75, 3.05) is 12.4 Å². The van der Waals surface area contributed by atoms with Gasteiger partial charge in [0.2, 0.25) is 5.89 Å². The van der Waals surface area contributed by atoms with E-state index in [0.29, 0.717) is 5.89 Å². The van der Waals surface area contributed by atoms with Crippen LogP contribution in [0.4, 0.5) is 10.5 Å².